The van der Waals surface area contributed by atoms with Crippen molar-refractivity contribution in [3.05, 3.63) is 35.4 Å². The molecule has 1 aromatic rings. The molecule has 0 bridgehead atoms. The van der Waals surface area contributed by atoms with Gasteiger partial charge in [-0.1, -0.05) is 12.2 Å². The summed E-state index contributed by atoms with van der Waals surface area (Å²) in [6.07, 6.45) is 3.64. The summed E-state index contributed by atoms with van der Waals surface area (Å²) in [4.78, 5) is 0. The monoisotopic (exact) mass is 214 g/mol. The van der Waals surface area contributed by atoms with Crippen LogP contribution in [0.5, 0.6) is 5.75 Å². The molecule has 0 fully saturated rings. The first-order valence-electron chi connectivity index (χ1n) is 4.49. The maximum atomic E-state index is 13.2. The van der Waals surface area contributed by atoms with Gasteiger partial charge in [-0.2, -0.15) is 0 Å². The van der Waals surface area contributed by atoms with Gasteiger partial charge in [0.2, 0.25) is 0 Å². The summed E-state index contributed by atoms with van der Waals surface area (Å²) in [7, 11) is 1.21. The van der Waals surface area contributed by atoms with Crippen LogP contribution < -0.4 is 4.74 Å². The highest BCUT2D eigenvalue weighted by Crippen LogP contribution is 2.23. The molecule has 1 aromatic carbocycles. The standard InChI is InChI=1S/C11H12F2O2/c1-15-11-9(12)6-8(7-10(11)13)4-2-3-5-14/h2,4,6-7,14H,3,5H2,1H3. The van der Waals surface area contributed by atoms with Crippen molar-refractivity contribution in [3.8, 4) is 5.75 Å². The Labute approximate surface area is 86.8 Å². The Balaban J connectivity index is 2.93. The Morgan fingerprint density at radius 2 is 1.93 bits per heavy atom. The van der Waals surface area contributed by atoms with E-state index in [1.165, 1.54) is 19.2 Å². The Bertz CT molecular complexity index is 339. The Kier molecular flexibility index (Phi) is 4.24. The Morgan fingerprint density at radius 3 is 2.40 bits per heavy atom. The fourth-order valence-electron chi connectivity index (χ4n) is 1.16. The van der Waals surface area contributed by atoms with E-state index < -0.39 is 11.6 Å². The average molecular weight is 214 g/mol. The largest absolute Gasteiger partial charge is 0.491 e. The van der Waals surface area contributed by atoms with Crippen LogP contribution in [0, 0.1) is 11.6 Å². The second-order valence-electron chi connectivity index (χ2n) is 2.93. The van der Waals surface area contributed by atoms with Gasteiger partial charge in [0.15, 0.2) is 17.4 Å². The zero-order chi connectivity index (χ0) is 11.3. The van der Waals surface area contributed by atoms with Gasteiger partial charge < -0.3 is 9.84 Å². The average Bonchev–Trinajstić information content (AvgIpc) is 2.18. The quantitative estimate of drug-likeness (QED) is 0.833. The van der Waals surface area contributed by atoms with Gasteiger partial charge in [0, 0.05) is 6.61 Å². The van der Waals surface area contributed by atoms with E-state index in [4.69, 9.17) is 5.11 Å². The molecule has 2 nitrogen and oxygen atoms in total. The van der Waals surface area contributed by atoms with Crippen LogP contribution in [0.1, 0.15) is 12.0 Å². The van der Waals surface area contributed by atoms with Gasteiger partial charge in [0.25, 0.3) is 0 Å². The lowest BCUT2D eigenvalue weighted by molar-refractivity contribution is 0.303. The normalized spacial score (nSPS) is 10.9. The van der Waals surface area contributed by atoms with Crippen LogP contribution in [-0.2, 0) is 0 Å². The molecule has 1 N–H and O–H groups in total. The van der Waals surface area contributed by atoms with Crippen LogP contribution in [0.3, 0.4) is 0 Å². The summed E-state index contributed by atoms with van der Waals surface area (Å²) in [5.41, 5.74) is 0.402. The lowest BCUT2D eigenvalue weighted by Crippen LogP contribution is -1.93. The number of ether oxygens (including phenoxy) is 1. The highest BCUT2D eigenvalue weighted by atomic mass is 19.1. The van der Waals surface area contributed by atoms with Crippen molar-refractivity contribution >= 4 is 6.08 Å². The second kappa shape index (κ2) is 5.46. The van der Waals surface area contributed by atoms with E-state index >= 15 is 0 Å². The van der Waals surface area contributed by atoms with E-state index in [-0.39, 0.29) is 12.4 Å². The molecular weight excluding hydrogens is 202 g/mol. The van der Waals surface area contributed by atoms with Gasteiger partial charge >= 0.3 is 0 Å². The van der Waals surface area contributed by atoms with E-state index in [1.54, 1.807) is 12.2 Å². The molecule has 15 heavy (non-hydrogen) atoms. The minimum Gasteiger partial charge on any atom is -0.491 e. The van der Waals surface area contributed by atoms with Crippen LogP contribution >= 0.6 is 0 Å². The molecule has 0 saturated heterocycles. The lowest BCUT2D eigenvalue weighted by atomic mass is 10.1. The van der Waals surface area contributed by atoms with Crippen LogP contribution in [0.25, 0.3) is 6.08 Å². The molecule has 0 aliphatic rings. The van der Waals surface area contributed by atoms with E-state index in [1.807, 2.05) is 0 Å². The summed E-state index contributed by atoms with van der Waals surface area (Å²) in [6, 6.07) is 2.35. The van der Waals surface area contributed by atoms with Crippen molar-refractivity contribution in [3.63, 3.8) is 0 Å². The first-order valence-corrected chi connectivity index (χ1v) is 4.49. The predicted octanol–water partition coefficient (Wildman–Crippen LogP) is 2.37. The molecule has 0 spiro atoms. The molecule has 0 heterocycles. The SMILES string of the molecule is COc1c(F)cc(C=CCCO)cc1F. The highest BCUT2D eigenvalue weighted by molar-refractivity contribution is 5.51. The van der Waals surface area contributed by atoms with Crippen molar-refractivity contribution < 1.29 is 18.6 Å². The third kappa shape index (κ3) is 3.02. The number of hydrogen-bond donors (Lipinski definition) is 1. The number of rotatable bonds is 4. The summed E-state index contributed by atoms with van der Waals surface area (Å²) >= 11 is 0. The molecule has 0 radical (unpaired) electrons. The molecule has 0 aliphatic heterocycles. The van der Waals surface area contributed by atoms with E-state index in [0.717, 1.165) is 0 Å². The highest BCUT2D eigenvalue weighted by Gasteiger charge is 2.09. The molecule has 82 valence electrons. The second-order valence-corrected chi connectivity index (χ2v) is 2.93. The third-order valence-corrected chi connectivity index (χ3v) is 1.83. The fourth-order valence-corrected chi connectivity index (χ4v) is 1.16. The Morgan fingerprint density at radius 1 is 1.33 bits per heavy atom. The van der Waals surface area contributed by atoms with Crippen LogP contribution in [0.4, 0.5) is 8.78 Å². The van der Waals surface area contributed by atoms with E-state index in [0.29, 0.717) is 12.0 Å². The minimum atomic E-state index is -0.735. The first kappa shape index (κ1) is 11.7. The van der Waals surface area contributed by atoms with Crippen molar-refractivity contribution in [2.75, 3.05) is 13.7 Å². The minimum absolute atomic E-state index is 0.0115. The molecule has 0 aromatic heterocycles. The molecule has 1 rings (SSSR count). The van der Waals surface area contributed by atoms with Crippen molar-refractivity contribution in [1.82, 2.24) is 0 Å². The first-order chi connectivity index (χ1) is 7.19. The molecule has 0 atom stereocenters. The summed E-state index contributed by atoms with van der Waals surface area (Å²) in [5.74, 6) is -1.85. The van der Waals surface area contributed by atoms with Crippen LogP contribution in [0.2, 0.25) is 0 Å². The maximum Gasteiger partial charge on any atom is 0.190 e. The summed E-state index contributed by atoms with van der Waals surface area (Å²) < 4.78 is 30.9. The zero-order valence-electron chi connectivity index (χ0n) is 8.34. The van der Waals surface area contributed by atoms with Crippen molar-refractivity contribution in [2.24, 2.45) is 0 Å². The van der Waals surface area contributed by atoms with Crippen molar-refractivity contribution in [1.29, 1.82) is 0 Å². The molecule has 0 unspecified atom stereocenters. The number of aliphatic hydroxyl groups excluding tert-OH is 1. The number of hydrogen-bond acceptors (Lipinski definition) is 2. The van der Waals surface area contributed by atoms with Gasteiger partial charge in [-0.25, -0.2) is 8.78 Å². The number of halogens is 2. The maximum absolute atomic E-state index is 13.2. The topological polar surface area (TPSA) is 29.5 Å². The van der Waals surface area contributed by atoms with E-state index in [9.17, 15) is 8.78 Å². The third-order valence-electron chi connectivity index (χ3n) is 1.83. The van der Waals surface area contributed by atoms with Gasteiger partial charge in [-0.3, -0.25) is 0 Å². The summed E-state index contributed by atoms with van der Waals surface area (Å²) in [5, 5.41) is 8.52. The molecule has 0 aliphatic carbocycles. The molecule has 0 amide bonds. The Hall–Kier alpha value is -1.42. The van der Waals surface area contributed by atoms with Crippen molar-refractivity contribution in [2.45, 2.75) is 6.42 Å². The molecular formula is C11H12F2O2. The predicted molar refractivity (Wildman–Crippen MR) is 53.6 cm³/mol. The molecule has 0 saturated carbocycles. The van der Waals surface area contributed by atoms with Gasteiger partial charge in [0.05, 0.1) is 7.11 Å². The van der Waals surface area contributed by atoms with Crippen LogP contribution in [0.15, 0.2) is 18.2 Å². The fraction of sp³-hybridized carbons (Fsp3) is 0.273. The van der Waals surface area contributed by atoms with Gasteiger partial charge in [-0.15, -0.1) is 0 Å². The lowest BCUT2D eigenvalue weighted by Gasteiger charge is -2.04. The zero-order valence-corrected chi connectivity index (χ0v) is 8.34. The molecule has 4 heteroatoms. The number of benzene rings is 1. The van der Waals surface area contributed by atoms with E-state index in [2.05, 4.69) is 4.74 Å². The summed E-state index contributed by atoms with van der Waals surface area (Å²) in [6.45, 7) is 0.0115. The van der Waals surface area contributed by atoms with Gasteiger partial charge in [0.1, 0.15) is 0 Å². The van der Waals surface area contributed by atoms with Crippen LogP contribution in [-0.4, -0.2) is 18.8 Å². The van der Waals surface area contributed by atoms with Gasteiger partial charge in [-0.05, 0) is 24.1 Å². The number of aliphatic hydroxyl groups is 1. The smallest absolute Gasteiger partial charge is 0.190 e. The number of methoxy groups -OCH3 is 1.